The number of esters is 1. The fraction of sp³-hybridized carbons (Fsp3) is 0.188. The van der Waals surface area contributed by atoms with Crippen LogP contribution in [0.3, 0.4) is 0 Å². The SMILES string of the molecule is CCOC(=O)c1cccc(NCc2ccc(F)c(Cl)c2)c1. The molecule has 0 unspecified atom stereocenters. The van der Waals surface area contributed by atoms with E-state index in [2.05, 4.69) is 5.32 Å². The van der Waals surface area contributed by atoms with Crippen LogP contribution in [0.15, 0.2) is 42.5 Å². The van der Waals surface area contributed by atoms with Crippen LogP contribution in [0.5, 0.6) is 0 Å². The Morgan fingerprint density at radius 2 is 2.10 bits per heavy atom. The summed E-state index contributed by atoms with van der Waals surface area (Å²) in [5, 5.41) is 3.25. The number of benzene rings is 2. The fourth-order valence-corrected chi connectivity index (χ4v) is 2.03. The fourth-order valence-electron chi connectivity index (χ4n) is 1.82. The number of anilines is 1. The maximum absolute atomic E-state index is 13.1. The van der Waals surface area contributed by atoms with Crippen molar-refractivity contribution in [3.05, 3.63) is 64.4 Å². The molecular weight excluding hydrogens is 293 g/mol. The third kappa shape index (κ3) is 4.20. The van der Waals surface area contributed by atoms with Crippen LogP contribution >= 0.6 is 11.6 Å². The van der Waals surface area contributed by atoms with Gasteiger partial charge in [0.2, 0.25) is 0 Å². The molecule has 0 spiro atoms. The molecule has 0 saturated carbocycles. The molecule has 2 aromatic rings. The monoisotopic (exact) mass is 307 g/mol. The second kappa shape index (κ2) is 7.09. The molecule has 21 heavy (non-hydrogen) atoms. The van der Waals surface area contributed by atoms with Gasteiger partial charge in [-0.3, -0.25) is 0 Å². The van der Waals surface area contributed by atoms with Crippen LogP contribution in [-0.2, 0) is 11.3 Å². The number of nitrogens with one attached hydrogen (secondary N) is 1. The second-order valence-electron chi connectivity index (χ2n) is 4.40. The lowest BCUT2D eigenvalue weighted by atomic mass is 10.2. The van der Waals surface area contributed by atoms with Crippen molar-refractivity contribution in [2.45, 2.75) is 13.5 Å². The third-order valence-electron chi connectivity index (χ3n) is 2.85. The van der Waals surface area contributed by atoms with Crippen LogP contribution in [0.2, 0.25) is 5.02 Å². The number of carbonyl (C=O) groups excluding carboxylic acids is 1. The van der Waals surface area contributed by atoms with Crippen LogP contribution in [0.25, 0.3) is 0 Å². The molecule has 0 saturated heterocycles. The van der Waals surface area contributed by atoms with Crippen molar-refractivity contribution in [1.29, 1.82) is 0 Å². The lowest BCUT2D eigenvalue weighted by molar-refractivity contribution is 0.0526. The standard InChI is InChI=1S/C16H15ClFNO2/c1-2-21-16(20)12-4-3-5-13(9-12)19-10-11-6-7-15(18)14(17)8-11/h3-9,19H,2,10H2,1H3. The molecule has 0 aliphatic carbocycles. The van der Waals surface area contributed by atoms with Gasteiger partial charge in [-0.05, 0) is 42.8 Å². The van der Waals surface area contributed by atoms with Crippen molar-refractivity contribution in [2.75, 3.05) is 11.9 Å². The largest absolute Gasteiger partial charge is 0.462 e. The van der Waals surface area contributed by atoms with E-state index in [0.29, 0.717) is 18.7 Å². The van der Waals surface area contributed by atoms with Crippen molar-refractivity contribution in [3.63, 3.8) is 0 Å². The van der Waals surface area contributed by atoms with Crippen LogP contribution < -0.4 is 5.32 Å². The maximum Gasteiger partial charge on any atom is 0.338 e. The van der Waals surface area contributed by atoms with E-state index < -0.39 is 5.82 Å². The van der Waals surface area contributed by atoms with E-state index >= 15 is 0 Å². The van der Waals surface area contributed by atoms with Crippen LogP contribution in [0.4, 0.5) is 10.1 Å². The molecule has 0 amide bonds. The van der Waals surface area contributed by atoms with Crippen LogP contribution in [0.1, 0.15) is 22.8 Å². The predicted molar refractivity (Wildman–Crippen MR) is 81.1 cm³/mol. The zero-order chi connectivity index (χ0) is 15.2. The van der Waals surface area contributed by atoms with Gasteiger partial charge in [0.25, 0.3) is 0 Å². The van der Waals surface area contributed by atoms with Crippen LogP contribution in [-0.4, -0.2) is 12.6 Å². The Labute approximate surface area is 127 Å². The number of carbonyl (C=O) groups is 1. The quantitative estimate of drug-likeness (QED) is 0.838. The summed E-state index contributed by atoms with van der Waals surface area (Å²) in [7, 11) is 0. The van der Waals surface area contributed by atoms with E-state index in [4.69, 9.17) is 16.3 Å². The highest BCUT2D eigenvalue weighted by atomic mass is 35.5. The third-order valence-corrected chi connectivity index (χ3v) is 3.14. The number of hydrogen-bond donors (Lipinski definition) is 1. The Morgan fingerprint density at radius 1 is 1.29 bits per heavy atom. The van der Waals surface area contributed by atoms with Gasteiger partial charge in [0.15, 0.2) is 0 Å². The second-order valence-corrected chi connectivity index (χ2v) is 4.81. The highest BCUT2D eigenvalue weighted by molar-refractivity contribution is 6.30. The number of hydrogen-bond acceptors (Lipinski definition) is 3. The Morgan fingerprint density at radius 3 is 2.81 bits per heavy atom. The molecule has 0 fully saturated rings. The molecule has 110 valence electrons. The van der Waals surface area contributed by atoms with Gasteiger partial charge in [0, 0.05) is 12.2 Å². The summed E-state index contributed by atoms with van der Waals surface area (Å²) >= 11 is 5.73. The molecule has 1 N–H and O–H groups in total. The van der Waals surface area contributed by atoms with Crippen molar-refractivity contribution in [3.8, 4) is 0 Å². The number of halogens is 2. The van der Waals surface area contributed by atoms with Crippen molar-refractivity contribution < 1.29 is 13.9 Å². The molecule has 0 atom stereocenters. The Bertz CT molecular complexity index is 646. The molecule has 0 aliphatic rings. The van der Waals surface area contributed by atoms with Gasteiger partial charge in [0.05, 0.1) is 17.2 Å². The molecule has 0 heterocycles. The molecular formula is C16H15ClFNO2. The van der Waals surface area contributed by atoms with Gasteiger partial charge in [0.1, 0.15) is 5.82 Å². The van der Waals surface area contributed by atoms with Gasteiger partial charge in [-0.2, -0.15) is 0 Å². The lowest BCUT2D eigenvalue weighted by Gasteiger charge is -2.09. The smallest absolute Gasteiger partial charge is 0.338 e. The van der Waals surface area contributed by atoms with Crippen molar-refractivity contribution in [2.24, 2.45) is 0 Å². The van der Waals surface area contributed by atoms with Gasteiger partial charge in [-0.25, -0.2) is 9.18 Å². The summed E-state index contributed by atoms with van der Waals surface area (Å²) in [6.45, 7) is 2.58. The van der Waals surface area contributed by atoms with Gasteiger partial charge < -0.3 is 10.1 Å². The first-order valence-electron chi connectivity index (χ1n) is 6.55. The minimum absolute atomic E-state index is 0.0922. The van der Waals surface area contributed by atoms with Gasteiger partial charge in [-0.1, -0.05) is 23.7 Å². The summed E-state index contributed by atoms with van der Waals surface area (Å²) in [5.41, 5.74) is 2.11. The van der Waals surface area contributed by atoms with E-state index in [1.165, 1.54) is 6.07 Å². The molecule has 2 rings (SSSR count). The molecule has 0 bridgehead atoms. The highest BCUT2D eigenvalue weighted by Crippen LogP contribution is 2.18. The van der Waals surface area contributed by atoms with E-state index in [0.717, 1.165) is 11.3 Å². The first-order chi connectivity index (χ1) is 10.1. The molecule has 3 nitrogen and oxygen atoms in total. The molecule has 0 radical (unpaired) electrons. The van der Waals surface area contributed by atoms with Gasteiger partial charge in [-0.15, -0.1) is 0 Å². The summed E-state index contributed by atoms with van der Waals surface area (Å²) < 4.78 is 18.0. The minimum atomic E-state index is -0.440. The summed E-state index contributed by atoms with van der Waals surface area (Å²) in [4.78, 5) is 11.6. The zero-order valence-corrected chi connectivity index (χ0v) is 12.3. The Hall–Kier alpha value is -2.07. The number of ether oxygens (including phenoxy) is 1. The summed E-state index contributed by atoms with van der Waals surface area (Å²) in [5.74, 6) is -0.796. The maximum atomic E-state index is 13.1. The predicted octanol–water partition coefficient (Wildman–Crippen LogP) is 4.27. The lowest BCUT2D eigenvalue weighted by Crippen LogP contribution is -2.06. The van der Waals surface area contributed by atoms with Gasteiger partial charge >= 0.3 is 5.97 Å². The topological polar surface area (TPSA) is 38.3 Å². The van der Waals surface area contributed by atoms with Crippen molar-refractivity contribution >= 4 is 23.3 Å². The van der Waals surface area contributed by atoms with E-state index in [1.54, 1.807) is 37.3 Å². The Kier molecular flexibility index (Phi) is 5.17. The normalized spacial score (nSPS) is 10.2. The molecule has 5 heteroatoms. The van der Waals surface area contributed by atoms with E-state index in [9.17, 15) is 9.18 Å². The molecule has 2 aromatic carbocycles. The first kappa shape index (κ1) is 15.3. The van der Waals surface area contributed by atoms with Crippen molar-refractivity contribution in [1.82, 2.24) is 0 Å². The number of rotatable bonds is 5. The average Bonchev–Trinajstić information content (AvgIpc) is 2.49. The summed E-state index contributed by atoms with van der Waals surface area (Å²) in [6, 6.07) is 11.6. The van der Waals surface area contributed by atoms with E-state index in [-0.39, 0.29) is 11.0 Å². The zero-order valence-electron chi connectivity index (χ0n) is 11.5. The van der Waals surface area contributed by atoms with Crippen LogP contribution in [0, 0.1) is 5.82 Å². The minimum Gasteiger partial charge on any atom is -0.462 e. The summed E-state index contributed by atoms with van der Waals surface area (Å²) in [6.07, 6.45) is 0. The molecule has 0 aromatic heterocycles. The first-order valence-corrected chi connectivity index (χ1v) is 6.93. The highest BCUT2D eigenvalue weighted by Gasteiger charge is 2.07. The molecule has 0 aliphatic heterocycles. The average molecular weight is 308 g/mol. The van der Waals surface area contributed by atoms with E-state index in [1.807, 2.05) is 6.07 Å². The Balaban J connectivity index is 2.04.